The summed E-state index contributed by atoms with van der Waals surface area (Å²) < 4.78 is 12.3. The lowest BCUT2D eigenvalue weighted by Gasteiger charge is -2.38. The third-order valence-corrected chi connectivity index (χ3v) is 3.43. The molecular weight excluding hydrogens is 260 g/mol. The van der Waals surface area contributed by atoms with Crippen LogP contribution in [0.5, 0.6) is 5.75 Å². The summed E-state index contributed by atoms with van der Waals surface area (Å²) in [7, 11) is 0. The highest BCUT2D eigenvalue weighted by molar-refractivity contribution is 5.23. The van der Waals surface area contributed by atoms with Crippen molar-refractivity contribution in [3.63, 3.8) is 0 Å². The molecule has 1 aromatic rings. The molecule has 1 rings (SSSR count). The summed E-state index contributed by atoms with van der Waals surface area (Å²) in [5, 5.41) is 0. The van der Waals surface area contributed by atoms with Crippen LogP contribution >= 0.6 is 0 Å². The Bertz CT molecular complexity index is 386. The van der Waals surface area contributed by atoms with Crippen LogP contribution in [0.4, 0.5) is 0 Å². The molecule has 1 radical (unpaired) electrons. The zero-order valence-electron chi connectivity index (χ0n) is 14.5. The van der Waals surface area contributed by atoms with Gasteiger partial charge >= 0.3 is 0 Å². The lowest BCUT2D eigenvalue weighted by Crippen LogP contribution is -2.41. The van der Waals surface area contributed by atoms with Crippen molar-refractivity contribution < 1.29 is 9.47 Å². The third kappa shape index (κ3) is 6.09. The lowest BCUT2D eigenvalue weighted by molar-refractivity contribution is -0.0679. The predicted molar refractivity (Wildman–Crippen MR) is 89.3 cm³/mol. The van der Waals surface area contributed by atoms with E-state index in [-0.39, 0.29) is 5.60 Å². The summed E-state index contributed by atoms with van der Waals surface area (Å²) in [5.41, 5.74) is -0.330. The van der Waals surface area contributed by atoms with E-state index in [9.17, 15) is 0 Å². The first-order valence-corrected chi connectivity index (χ1v) is 8.10. The highest BCUT2D eigenvalue weighted by Gasteiger charge is 2.39. The molecule has 0 saturated carbocycles. The molecule has 2 nitrogen and oxygen atoms in total. The van der Waals surface area contributed by atoms with Crippen LogP contribution in [0.2, 0.25) is 0 Å². The standard InChI is InChI=1S/C19H31O2/c1-7-20-19(6,14-16(4)5)18(13-15(2)3)21-17-11-9-8-10-12-17/h8-12,15-16H,7,13-14H2,1-6H3. The van der Waals surface area contributed by atoms with Crippen LogP contribution in [0.1, 0.15) is 54.4 Å². The van der Waals surface area contributed by atoms with E-state index >= 15 is 0 Å². The Morgan fingerprint density at radius 1 is 1.05 bits per heavy atom. The van der Waals surface area contributed by atoms with Gasteiger partial charge in [0.25, 0.3) is 0 Å². The summed E-state index contributed by atoms with van der Waals surface area (Å²) in [6.45, 7) is 13.8. The Morgan fingerprint density at radius 2 is 1.67 bits per heavy atom. The second-order valence-corrected chi connectivity index (χ2v) is 6.70. The van der Waals surface area contributed by atoms with Crippen molar-refractivity contribution in [2.45, 2.75) is 60.0 Å². The van der Waals surface area contributed by atoms with Crippen LogP contribution in [0.25, 0.3) is 0 Å². The fourth-order valence-corrected chi connectivity index (χ4v) is 2.72. The fourth-order valence-electron chi connectivity index (χ4n) is 2.72. The minimum Gasteiger partial charge on any atom is -0.480 e. The van der Waals surface area contributed by atoms with Crippen LogP contribution in [-0.2, 0) is 4.74 Å². The zero-order chi connectivity index (χ0) is 15.9. The molecular formula is C19H31O2. The van der Waals surface area contributed by atoms with Gasteiger partial charge in [0.1, 0.15) is 11.4 Å². The van der Waals surface area contributed by atoms with Crippen LogP contribution in [0.3, 0.4) is 0 Å². The number of ether oxygens (including phenoxy) is 2. The maximum absolute atomic E-state index is 6.24. The van der Waals surface area contributed by atoms with Crippen LogP contribution in [0.15, 0.2) is 30.3 Å². The van der Waals surface area contributed by atoms with E-state index in [2.05, 4.69) is 34.6 Å². The van der Waals surface area contributed by atoms with E-state index in [0.29, 0.717) is 18.4 Å². The van der Waals surface area contributed by atoms with Gasteiger partial charge in [-0.3, -0.25) is 0 Å². The Labute approximate surface area is 130 Å². The molecule has 1 unspecified atom stereocenters. The molecule has 0 amide bonds. The van der Waals surface area contributed by atoms with Gasteiger partial charge in [-0.25, -0.2) is 0 Å². The van der Waals surface area contributed by atoms with E-state index in [1.807, 2.05) is 37.3 Å². The van der Waals surface area contributed by atoms with Crippen molar-refractivity contribution >= 4 is 0 Å². The summed E-state index contributed by atoms with van der Waals surface area (Å²) in [4.78, 5) is 0. The van der Waals surface area contributed by atoms with Crippen molar-refractivity contribution in [2.24, 2.45) is 11.8 Å². The van der Waals surface area contributed by atoms with Crippen molar-refractivity contribution in [1.29, 1.82) is 0 Å². The molecule has 21 heavy (non-hydrogen) atoms. The van der Waals surface area contributed by atoms with Crippen LogP contribution in [-0.4, -0.2) is 12.2 Å². The molecule has 0 spiro atoms. The Morgan fingerprint density at radius 3 is 2.14 bits per heavy atom. The van der Waals surface area contributed by atoms with Crippen LogP contribution in [0, 0.1) is 17.9 Å². The summed E-state index contributed by atoms with van der Waals surface area (Å²) in [6.07, 6.45) is 2.92. The number of rotatable bonds is 9. The SMILES string of the molecule is CCOC(C)(CC(C)C)[C](CC(C)C)Oc1ccccc1. The average Bonchev–Trinajstić information content (AvgIpc) is 2.38. The van der Waals surface area contributed by atoms with Gasteiger partial charge in [0.05, 0.1) is 0 Å². The molecule has 0 heterocycles. The van der Waals surface area contributed by atoms with Gasteiger partial charge in [-0.2, -0.15) is 0 Å². The Balaban J connectivity index is 2.96. The first-order valence-electron chi connectivity index (χ1n) is 8.10. The van der Waals surface area contributed by atoms with E-state index < -0.39 is 0 Å². The molecule has 119 valence electrons. The molecule has 0 aromatic heterocycles. The predicted octanol–water partition coefficient (Wildman–Crippen LogP) is 5.48. The molecule has 0 aliphatic rings. The monoisotopic (exact) mass is 291 g/mol. The van der Waals surface area contributed by atoms with Gasteiger partial charge in [0.15, 0.2) is 6.10 Å². The minimum absolute atomic E-state index is 0.330. The largest absolute Gasteiger partial charge is 0.480 e. The molecule has 0 aliphatic carbocycles. The highest BCUT2D eigenvalue weighted by Crippen LogP contribution is 2.37. The fraction of sp³-hybridized carbons (Fsp3) is 0.632. The summed E-state index contributed by atoms with van der Waals surface area (Å²) in [5.74, 6) is 1.99. The average molecular weight is 291 g/mol. The van der Waals surface area contributed by atoms with Crippen LogP contribution < -0.4 is 4.74 Å². The maximum atomic E-state index is 6.24. The topological polar surface area (TPSA) is 18.5 Å². The normalized spacial score (nSPS) is 14.7. The first kappa shape index (κ1) is 18.0. The number of hydrogen-bond donors (Lipinski definition) is 0. The summed E-state index contributed by atoms with van der Waals surface area (Å²) >= 11 is 0. The van der Waals surface area contributed by atoms with Gasteiger partial charge < -0.3 is 9.47 Å². The highest BCUT2D eigenvalue weighted by atomic mass is 16.5. The van der Waals surface area contributed by atoms with Gasteiger partial charge in [-0.15, -0.1) is 0 Å². The van der Waals surface area contributed by atoms with Gasteiger partial charge in [0.2, 0.25) is 0 Å². The zero-order valence-corrected chi connectivity index (χ0v) is 14.5. The first-order chi connectivity index (χ1) is 9.87. The number of para-hydroxylation sites is 1. The second-order valence-electron chi connectivity index (χ2n) is 6.70. The Hall–Kier alpha value is -1.02. The van der Waals surface area contributed by atoms with Crippen molar-refractivity contribution in [3.05, 3.63) is 36.4 Å². The third-order valence-electron chi connectivity index (χ3n) is 3.43. The van der Waals surface area contributed by atoms with Crippen molar-refractivity contribution in [3.8, 4) is 5.75 Å². The van der Waals surface area contributed by atoms with E-state index in [1.54, 1.807) is 0 Å². The molecule has 0 N–H and O–H groups in total. The molecule has 0 fully saturated rings. The molecule has 0 bridgehead atoms. The smallest absolute Gasteiger partial charge is 0.180 e. The van der Waals surface area contributed by atoms with Gasteiger partial charge in [-0.1, -0.05) is 45.9 Å². The molecule has 2 heteroatoms. The van der Waals surface area contributed by atoms with Gasteiger partial charge in [-0.05, 0) is 50.7 Å². The van der Waals surface area contributed by atoms with E-state index in [1.165, 1.54) is 0 Å². The lowest BCUT2D eigenvalue weighted by atomic mass is 9.84. The number of benzene rings is 1. The van der Waals surface area contributed by atoms with Crippen molar-refractivity contribution in [2.75, 3.05) is 6.61 Å². The minimum atomic E-state index is -0.330. The second kappa shape index (κ2) is 8.43. The van der Waals surface area contributed by atoms with E-state index in [0.717, 1.165) is 24.7 Å². The van der Waals surface area contributed by atoms with E-state index in [4.69, 9.17) is 9.47 Å². The van der Waals surface area contributed by atoms with Gasteiger partial charge in [0, 0.05) is 6.61 Å². The number of hydrogen-bond acceptors (Lipinski definition) is 2. The molecule has 0 saturated heterocycles. The molecule has 1 atom stereocenters. The molecule has 1 aromatic carbocycles. The van der Waals surface area contributed by atoms with Crippen molar-refractivity contribution in [1.82, 2.24) is 0 Å². The maximum Gasteiger partial charge on any atom is 0.180 e. The quantitative estimate of drug-likeness (QED) is 0.599. The molecule has 0 aliphatic heterocycles. The summed E-state index contributed by atoms with van der Waals surface area (Å²) in [6, 6.07) is 10.0. The Kier molecular flexibility index (Phi) is 7.24.